The molecule has 1 atom stereocenters. The lowest BCUT2D eigenvalue weighted by Crippen LogP contribution is -2.03. The topological polar surface area (TPSA) is 41.8 Å². The average Bonchev–Trinajstić information content (AvgIpc) is 2.47. The highest BCUT2D eigenvalue weighted by atomic mass is 35.5. The zero-order valence-electron chi connectivity index (χ0n) is 7.64. The fraction of sp³-hybridized carbons (Fsp3) is 0.200. The van der Waals surface area contributed by atoms with Crippen molar-refractivity contribution in [3.05, 3.63) is 33.9 Å². The fourth-order valence-corrected chi connectivity index (χ4v) is 2.17. The summed E-state index contributed by atoms with van der Waals surface area (Å²) < 4.78 is 0. The summed E-state index contributed by atoms with van der Waals surface area (Å²) in [5, 5.41) is 2.23. The molecule has 0 amide bonds. The minimum absolute atomic E-state index is 0.0394. The SMILES string of the molecule is C[C@H](N)c1c[nH]c2cc(Cl)cc(Cl)c12. The number of fused-ring (bicyclic) bond motifs is 1. The molecule has 0 radical (unpaired) electrons. The number of aromatic nitrogens is 1. The molecule has 0 saturated heterocycles. The number of halogens is 2. The molecule has 2 rings (SSSR count). The third-order valence-corrected chi connectivity index (χ3v) is 2.73. The molecule has 1 aromatic heterocycles. The van der Waals surface area contributed by atoms with E-state index in [1.807, 2.05) is 19.2 Å². The minimum Gasteiger partial charge on any atom is -0.361 e. The van der Waals surface area contributed by atoms with E-state index in [1.54, 1.807) is 6.07 Å². The Morgan fingerprint density at radius 1 is 1.36 bits per heavy atom. The van der Waals surface area contributed by atoms with Crippen LogP contribution in [0, 0.1) is 0 Å². The molecule has 14 heavy (non-hydrogen) atoms. The third kappa shape index (κ3) is 1.50. The Labute approximate surface area is 92.0 Å². The summed E-state index contributed by atoms with van der Waals surface area (Å²) in [5.74, 6) is 0. The van der Waals surface area contributed by atoms with Gasteiger partial charge in [-0.25, -0.2) is 0 Å². The van der Waals surface area contributed by atoms with Gasteiger partial charge in [-0.3, -0.25) is 0 Å². The van der Waals surface area contributed by atoms with Gasteiger partial charge < -0.3 is 10.7 Å². The summed E-state index contributed by atoms with van der Waals surface area (Å²) in [7, 11) is 0. The predicted molar refractivity (Wildman–Crippen MR) is 60.9 cm³/mol. The second-order valence-electron chi connectivity index (χ2n) is 3.34. The second kappa shape index (κ2) is 3.46. The van der Waals surface area contributed by atoms with Crippen LogP contribution >= 0.6 is 23.2 Å². The number of rotatable bonds is 1. The van der Waals surface area contributed by atoms with Gasteiger partial charge in [0, 0.05) is 28.2 Å². The summed E-state index contributed by atoms with van der Waals surface area (Å²) in [6.07, 6.45) is 1.87. The smallest absolute Gasteiger partial charge is 0.0518 e. The largest absolute Gasteiger partial charge is 0.361 e. The average molecular weight is 229 g/mol. The van der Waals surface area contributed by atoms with Crippen molar-refractivity contribution in [3.63, 3.8) is 0 Å². The lowest BCUT2D eigenvalue weighted by molar-refractivity contribution is 0.826. The van der Waals surface area contributed by atoms with Crippen LogP contribution in [0.15, 0.2) is 18.3 Å². The van der Waals surface area contributed by atoms with Crippen LogP contribution in [-0.2, 0) is 0 Å². The van der Waals surface area contributed by atoms with Crippen LogP contribution in [0.25, 0.3) is 10.9 Å². The second-order valence-corrected chi connectivity index (χ2v) is 4.19. The summed E-state index contributed by atoms with van der Waals surface area (Å²) in [5.41, 5.74) is 7.76. The Hall–Kier alpha value is -0.700. The summed E-state index contributed by atoms with van der Waals surface area (Å²) >= 11 is 12.0. The van der Waals surface area contributed by atoms with Crippen LogP contribution in [0.5, 0.6) is 0 Å². The Kier molecular flexibility index (Phi) is 2.43. The van der Waals surface area contributed by atoms with Crippen LogP contribution in [0.3, 0.4) is 0 Å². The quantitative estimate of drug-likeness (QED) is 0.772. The number of H-pyrrole nitrogens is 1. The first-order valence-electron chi connectivity index (χ1n) is 4.31. The first-order chi connectivity index (χ1) is 6.59. The van der Waals surface area contributed by atoms with Gasteiger partial charge in [0.25, 0.3) is 0 Å². The standard InChI is InChI=1S/C10H10Cl2N2/c1-5(13)7-4-14-9-3-6(11)2-8(12)10(7)9/h2-5,14H,13H2,1H3/t5-/m0/s1. The first-order valence-corrected chi connectivity index (χ1v) is 5.07. The van der Waals surface area contributed by atoms with Crippen LogP contribution in [0.4, 0.5) is 0 Å². The number of hydrogen-bond donors (Lipinski definition) is 2. The Morgan fingerprint density at radius 2 is 2.07 bits per heavy atom. The maximum Gasteiger partial charge on any atom is 0.0518 e. The van der Waals surface area contributed by atoms with E-state index >= 15 is 0 Å². The molecule has 0 fully saturated rings. The van der Waals surface area contributed by atoms with Gasteiger partial charge in [-0.05, 0) is 24.6 Å². The van der Waals surface area contributed by atoms with Gasteiger partial charge in [-0.2, -0.15) is 0 Å². The van der Waals surface area contributed by atoms with Crippen LogP contribution in [0.1, 0.15) is 18.5 Å². The molecule has 0 aliphatic rings. The number of nitrogens with two attached hydrogens (primary N) is 1. The van der Waals surface area contributed by atoms with Crippen molar-refractivity contribution in [3.8, 4) is 0 Å². The molecule has 0 aliphatic carbocycles. The van der Waals surface area contributed by atoms with Gasteiger partial charge in [0.1, 0.15) is 0 Å². The monoisotopic (exact) mass is 228 g/mol. The molecule has 0 saturated carbocycles. The zero-order chi connectivity index (χ0) is 10.3. The van der Waals surface area contributed by atoms with Crippen molar-refractivity contribution in [2.24, 2.45) is 5.73 Å². The summed E-state index contributed by atoms with van der Waals surface area (Å²) in [6, 6.07) is 3.53. The van der Waals surface area contributed by atoms with E-state index in [9.17, 15) is 0 Å². The molecule has 1 aromatic carbocycles. The number of aromatic amines is 1. The van der Waals surface area contributed by atoms with Crippen molar-refractivity contribution in [1.82, 2.24) is 4.98 Å². The van der Waals surface area contributed by atoms with Crippen LogP contribution < -0.4 is 5.73 Å². The molecule has 2 aromatic rings. The van der Waals surface area contributed by atoms with Crippen molar-refractivity contribution in [2.45, 2.75) is 13.0 Å². The summed E-state index contributed by atoms with van der Waals surface area (Å²) in [6.45, 7) is 1.92. The first kappa shape index (κ1) is 9.84. The van der Waals surface area contributed by atoms with Gasteiger partial charge in [0.2, 0.25) is 0 Å². The lowest BCUT2D eigenvalue weighted by atomic mass is 10.1. The van der Waals surface area contributed by atoms with Gasteiger partial charge in [0.15, 0.2) is 0 Å². The molecule has 0 unspecified atom stereocenters. The Bertz CT molecular complexity index is 474. The van der Waals surface area contributed by atoms with E-state index < -0.39 is 0 Å². The van der Waals surface area contributed by atoms with Crippen LogP contribution in [-0.4, -0.2) is 4.98 Å². The van der Waals surface area contributed by atoms with E-state index in [0.717, 1.165) is 16.5 Å². The number of benzene rings is 1. The van der Waals surface area contributed by atoms with Gasteiger partial charge in [-0.15, -0.1) is 0 Å². The van der Waals surface area contributed by atoms with Crippen molar-refractivity contribution < 1.29 is 0 Å². The van der Waals surface area contributed by atoms with Crippen molar-refractivity contribution in [1.29, 1.82) is 0 Å². The normalized spacial score (nSPS) is 13.4. The molecular formula is C10H10Cl2N2. The maximum atomic E-state index is 6.09. The Morgan fingerprint density at radius 3 is 2.71 bits per heavy atom. The van der Waals surface area contributed by atoms with E-state index in [-0.39, 0.29) is 6.04 Å². The Balaban J connectivity index is 2.79. The van der Waals surface area contributed by atoms with E-state index in [4.69, 9.17) is 28.9 Å². The highest BCUT2D eigenvalue weighted by Crippen LogP contribution is 2.32. The summed E-state index contributed by atoms with van der Waals surface area (Å²) in [4.78, 5) is 3.10. The minimum atomic E-state index is -0.0394. The molecular weight excluding hydrogens is 219 g/mol. The molecule has 0 bridgehead atoms. The van der Waals surface area contributed by atoms with Gasteiger partial charge >= 0.3 is 0 Å². The molecule has 1 heterocycles. The van der Waals surface area contributed by atoms with Crippen molar-refractivity contribution in [2.75, 3.05) is 0 Å². The van der Waals surface area contributed by atoms with E-state index in [2.05, 4.69) is 4.98 Å². The highest BCUT2D eigenvalue weighted by molar-refractivity contribution is 6.38. The zero-order valence-corrected chi connectivity index (χ0v) is 9.15. The molecule has 74 valence electrons. The molecule has 2 nitrogen and oxygen atoms in total. The molecule has 4 heteroatoms. The predicted octanol–water partition coefficient (Wildman–Crippen LogP) is 3.49. The molecule has 0 spiro atoms. The third-order valence-electron chi connectivity index (χ3n) is 2.22. The van der Waals surface area contributed by atoms with E-state index in [1.165, 1.54) is 0 Å². The maximum absolute atomic E-state index is 6.09. The molecule has 3 N–H and O–H groups in total. The number of hydrogen-bond acceptors (Lipinski definition) is 1. The lowest BCUT2D eigenvalue weighted by Gasteiger charge is -2.04. The van der Waals surface area contributed by atoms with Crippen LogP contribution in [0.2, 0.25) is 10.0 Å². The van der Waals surface area contributed by atoms with E-state index in [0.29, 0.717) is 10.0 Å². The van der Waals surface area contributed by atoms with Gasteiger partial charge in [-0.1, -0.05) is 23.2 Å². The van der Waals surface area contributed by atoms with Crippen molar-refractivity contribution >= 4 is 34.1 Å². The fourth-order valence-electron chi connectivity index (χ4n) is 1.57. The van der Waals surface area contributed by atoms with Gasteiger partial charge in [0.05, 0.1) is 5.02 Å². The highest BCUT2D eigenvalue weighted by Gasteiger charge is 2.11. The number of nitrogens with one attached hydrogen (secondary N) is 1. The molecule has 0 aliphatic heterocycles.